The molecule has 0 atom stereocenters. The Balaban J connectivity index is 2.05. The number of aromatic hydroxyl groups is 1. The Hall–Kier alpha value is -2.04. The molecule has 130 valence electrons. The van der Waals surface area contributed by atoms with Crippen LogP contribution in [0, 0.1) is 0 Å². The molecule has 0 bridgehead atoms. The van der Waals surface area contributed by atoms with Crippen molar-refractivity contribution in [2.75, 3.05) is 19.8 Å². The van der Waals surface area contributed by atoms with E-state index in [1.54, 1.807) is 23.9 Å². The van der Waals surface area contributed by atoms with E-state index in [0.717, 1.165) is 32.8 Å². The molecule has 1 aromatic heterocycles. The molecule has 3 rings (SSSR count). The number of fused-ring (bicyclic) bond motifs is 1. The first-order valence-corrected chi connectivity index (χ1v) is 9.35. The van der Waals surface area contributed by atoms with Gasteiger partial charge in [-0.2, -0.15) is 0 Å². The monoisotopic (exact) mass is 352 g/mol. The van der Waals surface area contributed by atoms with Crippen LogP contribution in [0.4, 0.5) is 0 Å². The Morgan fingerprint density at radius 1 is 1.04 bits per heavy atom. The van der Waals surface area contributed by atoms with Crippen LogP contribution in [-0.2, 0) is 0 Å². The highest BCUT2D eigenvalue weighted by atomic mass is 32.2. The van der Waals surface area contributed by atoms with Gasteiger partial charge in [0.15, 0.2) is 0 Å². The fraction of sp³-hybridized carbons (Fsp3) is 0.286. The lowest BCUT2D eigenvalue weighted by Crippen LogP contribution is -2.40. The van der Waals surface area contributed by atoms with Gasteiger partial charge in [-0.15, -0.1) is 11.8 Å². The summed E-state index contributed by atoms with van der Waals surface area (Å²) in [5, 5.41) is 11.7. The van der Waals surface area contributed by atoms with Gasteiger partial charge >= 0.3 is 0 Å². The number of pyridine rings is 1. The Morgan fingerprint density at radius 2 is 1.72 bits per heavy atom. The van der Waals surface area contributed by atoms with E-state index < -0.39 is 0 Å². The lowest BCUT2D eigenvalue weighted by molar-refractivity contribution is 0.224. The van der Waals surface area contributed by atoms with Crippen LogP contribution in [0.5, 0.6) is 5.75 Å². The van der Waals surface area contributed by atoms with E-state index in [0.29, 0.717) is 0 Å². The van der Waals surface area contributed by atoms with Crippen molar-refractivity contribution in [1.29, 1.82) is 0 Å². The number of rotatable bonds is 5. The van der Waals surface area contributed by atoms with Gasteiger partial charge in [-0.1, -0.05) is 30.3 Å². The van der Waals surface area contributed by atoms with Crippen molar-refractivity contribution in [3.63, 3.8) is 0 Å². The maximum Gasteiger partial charge on any atom is 0.115 e. The van der Waals surface area contributed by atoms with E-state index in [-0.39, 0.29) is 11.3 Å². The van der Waals surface area contributed by atoms with Gasteiger partial charge in [0, 0.05) is 22.2 Å². The maximum atomic E-state index is 9.59. The van der Waals surface area contributed by atoms with E-state index in [9.17, 15) is 5.11 Å². The molecule has 0 aliphatic rings. The molecule has 1 heterocycles. The minimum Gasteiger partial charge on any atom is -0.508 e. The van der Waals surface area contributed by atoms with Gasteiger partial charge in [0.05, 0.1) is 5.52 Å². The number of para-hydroxylation sites is 1. The van der Waals surface area contributed by atoms with Crippen molar-refractivity contribution in [3.05, 3.63) is 54.6 Å². The summed E-state index contributed by atoms with van der Waals surface area (Å²) in [4.78, 5) is 7.16. The molecule has 0 fully saturated rings. The highest BCUT2D eigenvalue weighted by Crippen LogP contribution is 2.35. The molecule has 3 aromatic rings. The second-order valence-electron chi connectivity index (χ2n) is 7.08. The molecule has 0 radical (unpaired) electrons. The molecule has 0 saturated carbocycles. The normalized spacial score (nSPS) is 12.0. The van der Waals surface area contributed by atoms with E-state index in [1.807, 2.05) is 24.3 Å². The Bertz CT molecular complexity index is 873. The number of hydrogen-bond acceptors (Lipinski definition) is 4. The number of nitrogens with zero attached hydrogens (tertiary/aromatic N) is 2. The molecule has 25 heavy (non-hydrogen) atoms. The molecule has 0 amide bonds. The maximum absolute atomic E-state index is 9.59. The predicted molar refractivity (Wildman–Crippen MR) is 107 cm³/mol. The van der Waals surface area contributed by atoms with Crippen molar-refractivity contribution in [1.82, 2.24) is 9.88 Å². The zero-order valence-corrected chi connectivity index (χ0v) is 16.0. The van der Waals surface area contributed by atoms with E-state index >= 15 is 0 Å². The average Bonchev–Trinajstić information content (AvgIpc) is 2.60. The molecule has 0 aliphatic carbocycles. The van der Waals surface area contributed by atoms with Crippen LogP contribution in [0.1, 0.15) is 13.8 Å². The van der Waals surface area contributed by atoms with Crippen LogP contribution in [0.2, 0.25) is 0 Å². The SMILES string of the molecule is CN(C)C(C)(C)CSc1nc2ccccc2cc1-c1ccc(O)cc1. The van der Waals surface area contributed by atoms with Crippen molar-refractivity contribution in [2.45, 2.75) is 24.4 Å². The lowest BCUT2D eigenvalue weighted by atomic mass is 10.1. The fourth-order valence-corrected chi connectivity index (χ4v) is 3.67. The van der Waals surface area contributed by atoms with Crippen LogP contribution in [0.3, 0.4) is 0 Å². The van der Waals surface area contributed by atoms with Gasteiger partial charge in [-0.05, 0) is 57.8 Å². The van der Waals surface area contributed by atoms with Crippen molar-refractivity contribution < 1.29 is 5.11 Å². The largest absolute Gasteiger partial charge is 0.508 e. The highest BCUT2D eigenvalue weighted by Gasteiger charge is 2.22. The standard InChI is InChI=1S/C21H24N2OS/c1-21(2,23(3)4)14-25-20-18(15-9-11-17(24)12-10-15)13-16-7-5-6-8-19(16)22-20/h5-13,24H,14H2,1-4H3. The topological polar surface area (TPSA) is 36.4 Å². The van der Waals surface area contributed by atoms with Gasteiger partial charge in [-0.25, -0.2) is 4.98 Å². The zero-order chi connectivity index (χ0) is 18.0. The van der Waals surface area contributed by atoms with Gasteiger partial charge in [0.1, 0.15) is 10.8 Å². The summed E-state index contributed by atoms with van der Waals surface area (Å²) in [6.45, 7) is 4.47. The smallest absolute Gasteiger partial charge is 0.115 e. The van der Waals surface area contributed by atoms with Crippen LogP contribution in [-0.4, -0.2) is 40.4 Å². The Kier molecular flexibility index (Phi) is 5.02. The summed E-state index contributed by atoms with van der Waals surface area (Å²) in [6, 6.07) is 17.7. The summed E-state index contributed by atoms with van der Waals surface area (Å²) < 4.78 is 0. The van der Waals surface area contributed by atoms with E-state index in [2.05, 4.69) is 51.0 Å². The molecular formula is C21H24N2OS. The molecular weight excluding hydrogens is 328 g/mol. The predicted octanol–water partition coefficient (Wildman–Crippen LogP) is 5.04. The number of phenols is 1. The van der Waals surface area contributed by atoms with E-state index in [1.165, 1.54) is 0 Å². The minimum atomic E-state index is 0.0736. The lowest BCUT2D eigenvalue weighted by Gasteiger charge is -2.32. The molecule has 0 aliphatic heterocycles. The third kappa shape index (κ3) is 3.97. The van der Waals surface area contributed by atoms with Crippen molar-refractivity contribution in [3.8, 4) is 16.9 Å². The van der Waals surface area contributed by atoms with Crippen LogP contribution in [0.15, 0.2) is 59.6 Å². The Morgan fingerprint density at radius 3 is 2.40 bits per heavy atom. The molecule has 1 N–H and O–H groups in total. The second-order valence-corrected chi connectivity index (χ2v) is 8.04. The summed E-state index contributed by atoms with van der Waals surface area (Å²) in [5.74, 6) is 1.22. The highest BCUT2D eigenvalue weighted by molar-refractivity contribution is 7.99. The molecule has 0 unspecified atom stereocenters. The number of hydrogen-bond donors (Lipinski definition) is 1. The number of phenolic OH excluding ortho intramolecular Hbond substituents is 1. The molecule has 2 aromatic carbocycles. The second kappa shape index (κ2) is 7.06. The van der Waals surface area contributed by atoms with Gasteiger partial charge in [0.2, 0.25) is 0 Å². The van der Waals surface area contributed by atoms with E-state index in [4.69, 9.17) is 4.98 Å². The zero-order valence-electron chi connectivity index (χ0n) is 15.2. The summed E-state index contributed by atoms with van der Waals surface area (Å²) in [5.41, 5.74) is 3.26. The third-order valence-electron chi connectivity index (χ3n) is 4.64. The fourth-order valence-electron chi connectivity index (χ4n) is 2.43. The van der Waals surface area contributed by atoms with Crippen molar-refractivity contribution in [2.24, 2.45) is 0 Å². The molecule has 4 heteroatoms. The van der Waals surface area contributed by atoms with Gasteiger partial charge in [0.25, 0.3) is 0 Å². The molecule has 0 saturated heterocycles. The van der Waals surface area contributed by atoms with Crippen LogP contribution < -0.4 is 0 Å². The average molecular weight is 353 g/mol. The minimum absolute atomic E-state index is 0.0736. The summed E-state index contributed by atoms with van der Waals surface area (Å²) in [7, 11) is 4.21. The number of benzene rings is 2. The molecule has 3 nitrogen and oxygen atoms in total. The first kappa shape index (κ1) is 17.8. The quantitative estimate of drug-likeness (QED) is 0.653. The summed E-state index contributed by atoms with van der Waals surface area (Å²) >= 11 is 1.78. The van der Waals surface area contributed by atoms with Crippen LogP contribution >= 0.6 is 11.8 Å². The summed E-state index contributed by atoms with van der Waals surface area (Å²) in [6.07, 6.45) is 0. The first-order valence-electron chi connectivity index (χ1n) is 8.36. The number of aromatic nitrogens is 1. The van der Waals surface area contributed by atoms with Gasteiger partial charge in [-0.3, -0.25) is 0 Å². The third-order valence-corrected chi connectivity index (χ3v) is 6.08. The van der Waals surface area contributed by atoms with Crippen LogP contribution in [0.25, 0.3) is 22.0 Å². The Labute approximate surface area is 153 Å². The van der Waals surface area contributed by atoms with Gasteiger partial charge < -0.3 is 10.0 Å². The first-order chi connectivity index (χ1) is 11.9. The van der Waals surface area contributed by atoms with Crippen molar-refractivity contribution >= 4 is 22.7 Å². The number of thioether (sulfide) groups is 1. The molecule has 0 spiro atoms.